The molecule has 2 unspecified atom stereocenters. The number of hydrogen-bond donors (Lipinski definition) is 2. The van der Waals surface area contributed by atoms with Gasteiger partial charge in [-0.2, -0.15) is 8.78 Å². The third-order valence-corrected chi connectivity index (χ3v) is 3.84. The van der Waals surface area contributed by atoms with E-state index >= 15 is 0 Å². The normalized spacial score (nSPS) is 13.4. The molecule has 2 aromatic rings. The van der Waals surface area contributed by atoms with Crippen LogP contribution in [0.25, 0.3) is 0 Å². The van der Waals surface area contributed by atoms with Crippen LogP contribution in [0.5, 0.6) is 5.75 Å². The van der Waals surface area contributed by atoms with Crippen molar-refractivity contribution in [2.24, 2.45) is 11.7 Å². The van der Waals surface area contributed by atoms with E-state index in [2.05, 4.69) is 10.1 Å². The molecule has 0 aliphatic heterocycles. The van der Waals surface area contributed by atoms with E-state index in [-0.39, 0.29) is 17.3 Å². The number of carbonyl (C=O) groups excluding carboxylic acids is 1. The molecule has 0 radical (unpaired) electrons. The van der Waals surface area contributed by atoms with Crippen LogP contribution in [0.3, 0.4) is 0 Å². The lowest BCUT2D eigenvalue weighted by Gasteiger charge is -2.21. The average Bonchev–Trinajstić information content (AvgIpc) is 2.56. The standard InChI is InChI=1S/C18H20F2N2O2/c1-11-7-6-10-14(24-18(19)20)16(11)22-17(23)12(2)15(21)13-8-4-3-5-9-13/h3-10,12,15,18H,21H2,1-2H3,(H,22,23). The molecule has 0 heterocycles. The van der Waals surface area contributed by atoms with Crippen molar-refractivity contribution in [3.05, 3.63) is 59.7 Å². The number of anilines is 1. The number of halogens is 2. The summed E-state index contributed by atoms with van der Waals surface area (Å²) in [6.07, 6.45) is 0. The van der Waals surface area contributed by atoms with Crippen molar-refractivity contribution in [3.63, 3.8) is 0 Å². The second kappa shape index (κ2) is 7.88. The number of para-hydroxylation sites is 1. The fourth-order valence-electron chi connectivity index (χ4n) is 2.36. The molecule has 0 saturated heterocycles. The Balaban J connectivity index is 2.17. The molecule has 0 spiro atoms. The molecule has 0 saturated carbocycles. The molecule has 2 aromatic carbocycles. The second-order valence-corrected chi connectivity index (χ2v) is 5.54. The lowest BCUT2D eigenvalue weighted by molar-refractivity contribution is -0.120. The van der Waals surface area contributed by atoms with E-state index in [1.54, 1.807) is 26.0 Å². The van der Waals surface area contributed by atoms with Crippen LogP contribution in [0, 0.1) is 12.8 Å². The van der Waals surface area contributed by atoms with Crippen molar-refractivity contribution in [2.45, 2.75) is 26.5 Å². The summed E-state index contributed by atoms with van der Waals surface area (Å²) in [6.45, 7) is 0.431. The van der Waals surface area contributed by atoms with Gasteiger partial charge in [0.2, 0.25) is 5.91 Å². The van der Waals surface area contributed by atoms with Gasteiger partial charge in [0.1, 0.15) is 5.75 Å². The van der Waals surface area contributed by atoms with Crippen LogP contribution in [0.15, 0.2) is 48.5 Å². The Hall–Kier alpha value is -2.47. The van der Waals surface area contributed by atoms with Crippen molar-refractivity contribution in [1.82, 2.24) is 0 Å². The Kier molecular flexibility index (Phi) is 5.87. The molecule has 128 valence electrons. The summed E-state index contributed by atoms with van der Waals surface area (Å²) in [5.41, 5.74) is 7.82. The first-order valence-electron chi connectivity index (χ1n) is 7.56. The number of nitrogens with two attached hydrogens (primary N) is 1. The number of nitrogens with one attached hydrogen (secondary N) is 1. The number of benzene rings is 2. The number of alkyl halides is 2. The van der Waals surface area contributed by atoms with Crippen LogP contribution in [-0.4, -0.2) is 12.5 Å². The van der Waals surface area contributed by atoms with E-state index in [0.717, 1.165) is 5.56 Å². The fourth-order valence-corrected chi connectivity index (χ4v) is 2.36. The zero-order chi connectivity index (χ0) is 17.7. The third kappa shape index (κ3) is 4.29. The SMILES string of the molecule is Cc1cccc(OC(F)F)c1NC(=O)C(C)C(N)c1ccccc1. The summed E-state index contributed by atoms with van der Waals surface area (Å²) in [6, 6.07) is 13.4. The van der Waals surface area contributed by atoms with Gasteiger partial charge < -0.3 is 15.8 Å². The molecule has 2 atom stereocenters. The smallest absolute Gasteiger partial charge is 0.387 e. The summed E-state index contributed by atoms with van der Waals surface area (Å²) in [7, 11) is 0. The second-order valence-electron chi connectivity index (χ2n) is 5.54. The predicted octanol–water partition coefficient (Wildman–Crippen LogP) is 3.87. The molecule has 24 heavy (non-hydrogen) atoms. The molecule has 0 fully saturated rings. The molecule has 6 heteroatoms. The Bertz CT molecular complexity index is 693. The maximum Gasteiger partial charge on any atom is 0.387 e. The van der Waals surface area contributed by atoms with Crippen molar-refractivity contribution in [1.29, 1.82) is 0 Å². The molecule has 2 rings (SSSR count). The van der Waals surface area contributed by atoms with Crippen molar-refractivity contribution >= 4 is 11.6 Å². The first-order valence-corrected chi connectivity index (χ1v) is 7.56. The van der Waals surface area contributed by atoms with E-state index in [9.17, 15) is 13.6 Å². The number of aryl methyl sites for hydroxylation is 1. The predicted molar refractivity (Wildman–Crippen MR) is 89.0 cm³/mol. The number of amides is 1. The largest absolute Gasteiger partial charge is 0.433 e. The van der Waals surface area contributed by atoms with Crippen molar-refractivity contribution in [3.8, 4) is 5.75 Å². The quantitative estimate of drug-likeness (QED) is 0.843. The highest BCUT2D eigenvalue weighted by Gasteiger charge is 2.24. The fraction of sp³-hybridized carbons (Fsp3) is 0.278. The molecule has 0 aromatic heterocycles. The van der Waals surface area contributed by atoms with Crippen LogP contribution in [0.1, 0.15) is 24.1 Å². The van der Waals surface area contributed by atoms with Crippen LogP contribution < -0.4 is 15.8 Å². The van der Waals surface area contributed by atoms with E-state index in [1.807, 2.05) is 30.3 Å². The highest BCUT2D eigenvalue weighted by Crippen LogP contribution is 2.30. The first-order chi connectivity index (χ1) is 11.4. The minimum atomic E-state index is -2.97. The van der Waals surface area contributed by atoms with Gasteiger partial charge in [-0.1, -0.05) is 49.4 Å². The zero-order valence-corrected chi connectivity index (χ0v) is 13.5. The van der Waals surface area contributed by atoms with Gasteiger partial charge in [0.25, 0.3) is 0 Å². The topological polar surface area (TPSA) is 64.3 Å². The van der Waals surface area contributed by atoms with Gasteiger partial charge in [-0.25, -0.2) is 0 Å². The van der Waals surface area contributed by atoms with Gasteiger partial charge in [-0.15, -0.1) is 0 Å². The van der Waals surface area contributed by atoms with Crippen LogP contribution >= 0.6 is 0 Å². The maximum atomic E-state index is 12.5. The number of carbonyl (C=O) groups is 1. The first kappa shape index (κ1) is 17.9. The zero-order valence-electron chi connectivity index (χ0n) is 13.5. The maximum absolute atomic E-state index is 12.5. The molecule has 0 bridgehead atoms. The van der Waals surface area contributed by atoms with Crippen molar-refractivity contribution < 1.29 is 18.3 Å². The summed E-state index contributed by atoms with van der Waals surface area (Å²) in [5, 5.41) is 2.66. The van der Waals surface area contributed by atoms with Gasteiger partial charge in [0.05, 0.1) is 11.6 Å². The molecule has 0 aliphatic carbocycles. The Morgan fingerprint density at radius 3 is 2.42 bits per heavy atom. The Morgan fingerprint density at radius 2 is 1.79 bits per heavy atom. The number of ether oxygens (including phenoxy) is 1. The minimum Gasteiger partial charge on any atom is -0.433 e. The molecular formula is C18H20F2N2O2. The molecule has 1 amide bonds. The summed E-state index contributed by atoms with van der Waals surface area (Å²) >= 11 is 0. The molecular weight excluding hydrogens is 314 g/mol. The highest BCUT2D eigenvalue weighted by molar-refractivity contribution is 5.95. The molecule has 0 aliphatic rings. The molecule has 3 N–H and O–H groups in total. The average molecular weight is 334 g/mol. The minimum absolute atomic E-state index is 0.0705. The van der Waals surface area contributed by atoms with Crippen LogP contribution in [-0.2, 0) is 4.79 Å². The summed E-state index contributed by atoms with van der Waals surface area (Å²) in [4.78, 5) is 12.5. The Labute approximate surface area is 139 Å². The van der Waals surface area contributed by atoms with Crippen LogP contribution in [0.4, 0.5) is 14.5 Å². The van der Waals surface area contributed by atoms with E-state index in [1.165, 1.54) is 6.07 Å². The van der Waals surface area contributed by atoms with Gasteiger partial charge in [-0.05, 0) is 24.1 Å². The van der Waals surface area contributed by atoms with Gasteiger partial charge >= 0.3 is 6.61 Å². The molecule has 4 nitrogen and oxygen atoms in total. The monoisotopic (exact) mass is 334 g/mol. The van der Waals surface area contributed by atoms with E-state index in [0.29, 0.717) is 5.56 Å². The highest BCUT2D eigenvalue weighted by atomic mass is 19.3. The van der Waals surface area contributed by atoms with Crippen LogP contribution in [0.2, 0.25) is 0 Å². The van der Waals surface area contributed by atoms with Gasteiger partial charge in [0.15, 0.2) is 0 Å². The van der Waals surface area contributed by atoms with E-state index in [4.69, 9.17) is 5.73 Å². The van der Waals surface area contributed by atoms with Gasteiger partial charge in [-0.3, -0.25) is 4.79 Å². The van der Waals surface area contributed by atoms with Gasteiger partial charge in [0, 0.05) is 6.04 Å². The third-order valence-electron chi connectivity index (χ3n) is 3.84. The lowest BCUT2D eigenvalue weighted by atomic mass is 9.94. The summed E-state index contributed by atoms with van der Waals surface area (Å²) < 4.78 is 29.5. The van der Waals surface area contributed by atoms with Crippen molar-refractivity contribution in [2.75, 3.05) is 5.32 Å². The number of hydrogen-bond acceptors (Lipinski definition) is 3. The number of rotatable bonds is 6. The summed E-state index contributed by atoms with van der Waals surface area (Å²) in [5.74, 6) is -0.981. The lowest BCUT2D eigenvalue weighted by Crippen LogP contribution is -2.31. The Morgan fingerprint density at radius 1 is 1.12 bits per heavy atom. The van der Waals surface area contributed by atoms with E-state index < -0.39 is 18.6 Å².